The van der Waals surface area contributed by atoms with E-state index >= 15 is 0 Å². The predicted molar refractivity (Wildman–Crippen MR) is 270 cm³/mol. The summed E-state index contributed by atoms with van der Waals surface area (Å²) in [5.74, 6) is -0.848. The number of allylic oxidation sites excluding steroid dienone is 2. The summed E-state index contributed by atoms with van der Waals surface area (Å²) < 4.78 is 16.9. The number of carbonyl (C=O) groups excluding carboxylic acids is 3. The van der Waals surface area contributed by atoms with Crippen LogP contribution in [0, 0.1) is 0 Å². The van der Waals surface area contributed by atoms with Crippen molar-refractivity contribution in [1.29, 1.82) is 0 Å². The van der Waals surface area contributed by atoms with Crippen LogP contribution in [0.4, 0.5) is 0 Å². The van der Waals surface area contributed by atoms with Crippen LogP contribution < -0.4 is 0 Å². The summed E-state index contributed by atoms with van der Waals surface area (Å²) in [4.78, 5) is 38.1. The van der Waals surface area contributed by atoms with Gasteiger partial charge in [-0.2, -0.15) is 0 Å². The smallest absolute Gasteiger partial charge is 0.306 e. The fourth-order valence-corrected chi connectivity index (χ4v) is 8.50. The minimum atomic E-state index is -0.765. The minimum Gasteiger partial charge on any atom is -0.462 e. The highest BCUT2D eigenvalue weighted by Crippen LogP contribution is 2.17. The van der Waals surface area contributed by atoms with E-state index in [4.69, 9.17) is 14.2 Å². The molecule has 0 aliphatic heterocycles. The van der Waals surface area contributed by atoms with Crippen LogP contribution in [0.1, 0.15) is 316 Å². The molecular weight excluding hydrogens is 781 g/mol. The second-order valence-electron chi connectivity index (χ2n) is 19.2. The van der Waals surface area contributed by atoms with Crippen molar-refractivity contribution in [2.24, 2.45) is 0 Å². The molecule has 0 rings (SSSR count). The van der Waals surface area contributed by atoms with Crippen LogP contribution in [-0.4, -0.2) is 37.2 Å². The van der Waals surface area contributed by atoms with Crippen molar-refractivity contribution in [2.45, 2.75) is 322 Å². The van der Waals surface area contributed by atoms with Crippen molar-refractivity contribution in [1.82, 2.24) is 0 Å². The number of ether oxygens (including phenoxy) is 3. The van der Waals surface area contributed by atoms with E-state index in [-0.39, 0.29) is 31.1 Å². The molecule has 0 heterocycles. The summed E-state index contributed by atoms with van der Waals surface area (Å²) in [5, 5.41) is 0. The molecule has 0 radical (unpaired) electrons. The van der Waals surface area contributed by atoms with Crippen LogP contribution in [0.2, 0.25) is 0 Å². The van der Waals surface area contributed by atoms with Crippen LogP contribution in [0.15, 0.2) is 12.2 Å². The molecule has 0 aromatic carbocycles. The van der Waals surface area contributed by atoms with Gasteiger partial charge in [0.25, 0.3) is 0 Å². The van der Waals surface area contributed by atoms with E-state index in [0.29, 0.717) is 19.3 Å². The molecule has 0 N–H and O–H groups in total. The van der Waals surface area contributed by atoms with Gasteiger partial charge in [0.15, 0.2) is 6.10 Å². The zero-order valence-corrected chi connectivity index (χ0v) is 42.6. The second-order valence-corrected chi connectivity index (χ2v) is 19.2. The summed E-state index contributed by atoms with van der Waals surface area (Å²) in [5.41, 5.74) is 0. The number of rotatable bonds is 52. The monoisotopic (exact) mass is 889 g/mol. The molecule has 0 saturated heterocycles. The van der Waals surface area contributed by atoms with Gasteiger partial charge < -0.3 is 14.2 Å². The number of carbonyl (C=O) groups is 3. The first-order chi connectivity index (χ1) is 31.0. The lowest BCUT2D eigenvalue weighted by Gasteiger charge is -2.18. The van der Waals surface area contributed by atoms with Crippen LogP contribution >= 0.6 is 0 Å². The molecule has 0 aliphatic rings. The minimum absolute atomic E-state index is 0.0655. The number of unbranched alkanes of at least 4 members (excludes halogenated alkanes) is 39. The van der Waals surface area contributed by atoms with E-state index in [0.717, 1.165) is 57.8 Å². The Morgan fingerprint density at radius 2 is 0.524 bits per heavy atom. The van der Waals surface area contributed by atoms with E-state index < -0.39 is 6.10 Å². The topological polar surface area (TPSA) is 78.9 Å². The molecule has 63 heavy (non-hydrogen) atoms. The maximum atomic E-state index is 12.8. The fourth-order valence-electron chi connectivity index (χ4n) is 8.50. The summed E-state index contributed by atoms with van der Waals surface area (Å²) in [6.45, 7) is 6.68. The summed E-state index contributed by atoms with van der Waals surface area (Å²) in [6.07, 6.45) is 59.1. The molecule has 0 aromatic heterocycles. The van der Waals surface area contributed by atoms with Gasteiger partial charge in [-0.25, -0.2) is 0 Å². The maximum Gasteiger partial charge on any atom is 0.306 e. The van der Waals surface area contributed by atoms with Gasteiger partial charge in [-0.05, 0) is 44.9 Å². The Morgan fingerprint density at radius 1 is 0.302 bits per heavy atom. The molecule has 1 atom stereocenters. The van der Waals surface area contributed by atoms with E-state index in [1.165, 1.54) is 218 Å². The Morgan fingerprint density at radius 3 is 0.794 bits per heavy atom. The Bertz CT molecular complexity index is 978. The van der Waals surface area contributed by atoms with Gasteiger partial charge in [-0.15, -0.1) is 0 Å². The summed E-state index contributed by atoms with van der Waals surface area (Å²) in [6, 6.07) is 0. The quantitative estimate of drug-likeness (QED) is 0.0262. The van der Waals surface area contributed by atoms with Crippen molar-refractivity contribution in [2.75, 3.05) is 13.2 Å². The Labute approximate surface area is 392 Å². The highest BCUT2D eigenvalue weighted by atomic mass is 16.6. The summed E-state index contributed by atoms with van der Waals surface area (Å²) in [7, 11) is 0. The molecule has 0 aromatic rings. The zero-order chi connectivity index (χ0) is 45.8. The molecule has 372 valence electrons. The van der Waals surface area contributed by atoms with E-state index in [2.05, 4.69) is 32.9 Å². The number of esters is 3. The third-order valence-electron chi connectivity index (χ3n) is 12.8. The average molecular weight is 889 g/mol. The first kappa shape index (κ1) is 61.1. The van der Waals surface area contributed by atoms with Crippen LogP contribution in [0.5, 0.6) is 0 Å². The second kappa shape index (κ2) is 52.8. The van der Waals surface area contributed by atoms with Crippen LogP contribution in [0.3, 0.4) is 0 Å². The van der Waals surface area contributed by atoms with Crippen LogP contribution in [0.25, 0.3) is 0 Å². The number of hydrogen-bond donors (Lipinski definition) is 0. The highest BCUT2D eigenvalue weighted by molar-refractivity contribution is 5.71. The van der Waals surface area contributed by atoms with Gasteiger partial charge >= 0.3 is 17.9 Å². The lowest BCUT2D eigenvalue weighted by molar-refractivity contribution is -0.167. The van der Waals surface area contributed by atoms with E-state index in [1.807, 2.05) is 0 Å². The third-order valence-corrected chi connectivity index (χ3v) is 12.8. The van der Waals surface area contributed by atoms with Gasteiger partial charge in [0, 0.05) is 19.3 Å². The van der Waals surface area contributed by atoms with Gasteiger partial charge in [0.05, 0.1) is 0 Å². The molecule has 0 fully saturated rings. The standard InChI is InChI=1S/C57H108O6/c1-4-7-10-13-16-19-22-25-27-29-31-32-35-38-41-44-47-50-56(59)62-53-54(52-61-55(58)49-46-43-40-37-34-24-21-18-15-12-9-6-3)63-57(60)51-48-45-42-39-36-33-30-28-26-23-20-17-14-11-8-5-2/h25,27,54H,4-24,26,28-53H2,1-3H3/b27-25-/t54-/m1/s1. The normalized spacial score (nSPS) is 12.0. The van der Waals surface area contributed by atoms with Crippen molar-refractivity contribution in [3.63, 3.8) is 0 Å². The van der Waals surface area contributed by atoms with Gasteiger partial charge in [0.1, 0.15) is 13.2 Å². The molecule has 0 unspecified atom stereocenters. The Hall–Kier alpha value is -1.85. The lowest BCUT2D eigenvalue weighted by atomic mass is 10.0. The molecule has 0 bridgehead atoms. The fraction of sp³-hybridized carbons (Fsp3) is 0.912. The first-order valence-electron chi connectivity index (χ1n) is 28.2. The lowest BCUT2D eigenvalue weighted by Crippen LogP contribution is -2.30. The van der Waals surface area contributed by atoms with Crippen LogP contribution in [-0.2, 0) is 28.6 Å². The molecule has 0 spiro atoms. The molecular formula is C57H108O6. The Balaban J connectivity index is 4.30. The van der Waals surface area contributed by atoms with Gasteiger partial charge in [-0.1, -0.05) is 264 Å². The molecule has 6 nitrogen and oxygen atoms in total. The maximum absolute atomic E-state index is 12.8. The van der Waals surface area contributed by atoms with Gasteiger partial charge in [0.2, 0.25) is 0 Å². The number of hydrogen-bond acceptors (Lipinski definition) is 6. The molecule has 0 aliphatic carbocycles. The van der Waals surface area contributed by atoms with E-state index in [9.17, 15) is 14.4 Å². The first-order valence-corrected chi connectivity index (χ1v) is 28.2. The average Bonchev–Trinajstić information content (AvgIpc) is 3.28. The third kappa shape index (κ3) is 51.0. The van der Waals surface area contributed by atoms with Crippen molar-refractivity contribution in [3.8, 4) is 0 Å². The van der Waals surface area contributed by atoms with E-state index in [1.54, 1.807) is 0 Å². The molecule has 0 amide bonds. The highest BCUT2D eigenvalue weighted by Gasteiger charge is 2.19. The SMILES string of the molecule is CCCCCCCC/C=C\CCCCCCCCCC(=O)OC[C@@H](COC(=O)CCCCCCCCCCCCCC)OC(=O)CCCCCCCCCCCCCCCCCC. The van der Waals surface area contributed by atoms with Crippen molar-refractivity contribution >= 4 is 17.9 Å². The molecule has 0 saturated carbocycles. The predicted octanol–water partition coefficient (Wildman–Crippen LogP) is 18.5. The Kier molecular flexibility index (Phi) is 51.2. The summed E-state index contributed by atoms with van der Waals surface area (Å²) >= 11 is 0. The largest absolute Gasteiger partial charge is 0.462 e. The van der Waals surface area contributed by atoms with Crippen molar-refractivity contribution in [3.05, 3.63) is 12.2 Å². The van der Waals surface area contributed by atoms with Gasteiger partial charge in [-0.3, -0.25) is 14.4 Å². The molecule has 6 heteroatoms. The van der Waals surface area contributed by atoms with Crippen molar-refractivity contribution < 1.29 is 28.6 Å². The zero-order valence-electron chi connectivity index (χ0n) is 42.6.